The third-order valence-corrected chi connectivity index (χ3v) is 5.03. The molecule has 0 aliphatic heterocycles. The molecule has 0 heterocycles. The van der Waals surface area contributed by atoms with Crippen molar-refractivity contribution in [3.63, 3.8) is 0 Å². The van der Waals surface area contributed by atoms with Gasteiger partial charge in [-0.1, -0.05) is 0 Å². The number of hydrogen-bond acceptors (Lipinski definition) is 7. The zero-order valence-corrected chi connectivity index (χ0v) is 12.8. The van der Waals surface area contributed by atoms with Crippen LogP contribution in [0.2, 0.25) is 0 Å². The lowest BCUT2D eigenvalue weighted by Crippen LogP contribution is -2.38. The number of benzene rings is 1. The second-order valence-corrected chi connectivity index (χ2v) is 6.37. The van der Waals surface area contributed by atoms with E-state index in [-0.39, 0.29) is 22.9 Å². The van der Waals surface area contributed by atoms with Crippen LogP contribution in [0.25, 0.3) is 0 Å². The second-order valence-electron chi connectivity index (χ2n) is 4.41. The number of ether oxygens (including phenoxy) is 1. The van der Waals surface area contributed by atoms with E-state index >= 15 is 0 Å². The van der Waals surface area contributed by atoms with Crippen molar-refractivity contribution in [1.29, 1.82) is 0 Å². The summed E-state index contributed by atoms with van der Waals surface area (Å²) in [5.41, 5.74) is 1.98. The zero-order chi connectivity index (χ0) is 16.2. The Morgan fingerprint density at radius 2 is 2.14 bits per heavy atom. The summed E-state index contributed by atoms with van der Waals surface area (Å²) in [5.74, 6) is 5.28. The van der Waals surface area contributed by atoms with Crippen LogP contribution in [0.3, 0.4) is 0 Å². The smallest absolute Gasteiger partial charge is 0.270 e. The van der Waals surface area contributed by atoms with Gasteiger partial charge in [0.1, 0.15) is 4.90 Å². The SMILES string of the molecule is COCC(C)N(C)S(=O)(=O)c1cc([N+](=O)[O-])ccc1NN. The summed E-state index contributed by atoms with van der Waals surface area (Å²) in [6.45, 7) is 1.85. The van der Waals surface area contributed by atoms with Crippen LogP contribution >= 0.6 is 0 Å². The number of rotatable bonds is 7. The molecule has 1 rings (SSSR count). The third kappa shape index (κ3) is 3.67. The Morgan fingerprint density at radius 3 is 2.62 bits per heavy atom. The predicted molar refractivity (Wildman–Crippen MR) is 77.2 cm³/mol. The highest BCUT2D eigenvalue weighted by molar-refractivity contribution is 7.89. The van der Waals surface area contributed by atoms with Gasteiger partial charge in [0.2, 0.25) is 10.0 Å². The number of anilines is 1. The number of likely N-dealkylation sites (N-methyl/N-ethyl adjacent to an activating group) is 1. The number of nitro benzene ring substituents is 1. The molecule has 0 bridgehead atoms. The molecule has 3 N–H and O–H groups in total. The summed E-state index contributed by atoms with van der Waals surface area (Å²) in [6.07, 6.45) is 0. The Labute approximate surface area is 122 Å². The molecule has 0 radical (unpaired) electrons. The first kappa shape index (κ1) is 17.3. The van der Waals surface area contributed by atoms with E-state index in [0.29, 0.717) is 0 Å². The first-order valence-corrected chi connectivity index (χ1v) is 7.41. The van der Waals surface area contributed by atoms with Crippen LogP contribution in [0.4, 0.5) is 11.4 Å². The van der Waals surface area contributed by atoms with Gasteiger partial charge in [-0.2, -0.15) is 4.31 Å². The highest BCUT2D eigenvalue weighted by Gasteiger charge is 2.29. The van der Waals surface area contributed by atoms with Crippen LogP contribution < -0.4 is 11.3 Å². The van der Waals surface area contributed by atoms with E-state index in [9.17, 15) is 18.5 Å². The van der Waals surface area contributed by atoms with Gasteiger partial charge in [-0.05, 0) is 13.0 Å². The van der Waals surface area contributed by atoms with E-state index in [1.54, 1.807) is 6.92 Å². The third-order valence-electron chi connectivity index (χ3n) is 3.02. The Hall–Kier alpha value is -1.75. The summed E-state index contributed by atoms with van der Waals surface area (Å²) < 4.78 is 31.1. The number of nitrogens with one attached hydrogen (secondary N) is 1. The van der Waals surface area contributed by atoms with Crippen molar-refractivity contribution in [2.75, 3.05) is 26.2 Å². The minimum atomic E-state index is -3.95. The number of hydrogen-bond donors (Lipinski definition) is 2. The summed E-state index contributed by atoms with van der Waals surface area (Å²) in [4.78, 5) is 9.88. The summed E-state index contributed by atoms with van der Waals surface area (Å²) in [6, 6.07) is 2.96. The van der Waals surface area contributed by atoms with E-state index in [1.165, 1.54) is 26.3 Å². The van der Waals surface area contributed by atoms with Crippen molar-refractivity contribution in [3.05, 3.63) is 28.3 Å². The lowest BCUT2D eigenvalue weighted by Gasteiger charge is -2.24. The van der Waals surface area contributed by atoms with Gasteiger partial charge in [-0.25, -0.2) is 8.42 Å². The molecule has 0 spiro atoms. The average Bonchev–Trinajstić information content (AvgIpc) is 2.45. The largest absolute Gasteiger partial charge is 0.383 e. The Bertz CT molecular complexity index is 619. The molecule has 1 aromatic carbocycles. The van der Waals surface area contributed by atoms with Crippen LogP contribution in [0, 0.1) is 10.1 Å². The van der Waals surface area contributed by atoms with E-state index in [2.05, 4.69) is 5.43 Å². The quantitative estimate of drug-likeness (QED) is 0.426. The predicted octanol–water partition coefficient (Wildman–Crippen LogP) is 0.536. The fourth-order valence-electron chi connectivity index (χ4n) is 1.70. The molecule has 10 heteroatoms. The Morgan fingerprint density at radius 1 is 1.52 bits per heavy atom. The van der Waals surface area contributed by atoms with Gasteiger partial charge >= 0.3 is 0 Å². The van der Waals surface area contributed by atoms with E-state index < -0.39 is 21.0 Å². The molecule has 0 saturated carbocycles. The van der Waals surface area contributed by atoms with Gasteiger partial charge in [0.25, 0.3) is 5.69 Å². The topological polar surface area (TPSA) is 128 Å². The molecular weight excluding hydrogens is 300 g/mol. The molecule has 0 amide bonds. The van der Waals surface area contributed by atoms with Gasteiger partial charge in [0, 0.05) is 32.3 Å². The molecule has 0 aliphatic carbocycles. The lowest BCUT2D eigenvalue weighted by atomic mass is 10.3. The molecule has 0 aliphatic rings. The summed E-state index contributed by atoms with van der Waals surface area (Å²) in [7, 11) is -1.12. The number of nitrogens with zero attached hydrogens (tertiary/aromatic N) is 2. The number of sulfonamides is 1. The summed E-state index contributed by atoms with van der Waals surface area (Å²) in [5, 5.41) is 10.8. The van der Waals surface area contributed by atoms with E-state index in [1.807, 2.05) is 0 Å². The zero-order valence-electron chi connectivity index (χ0n) is 11.9. The molecular formula is C11H18N4O5S. The minimum Gasteiger partial charge on any atom is -0.383 e. The lowest BCUT2D eigenvalue weighted by molar-refractivity contribution is -0.385. The molecule has 1 unspecified atom stereocenters. The summed E-state index contributed by atoms with van der Waals surface area (Å²) >= 11 is 0. The number of nitrogen functional groups attached to an aromatic ring is 1. The van der Waals surface area contributed by atoms with Crippen molar-refractivity contribution in [2.24, 2.45) is 5.84 Å². The van der Waals surface area contributed by atoms with Crippen LogP contribution in [-0.2, 0) is 14.8 Å². The van der Waals surface area contributed by atoms with Crippen LogP contribution in [0.5, 0.6) is 0 Å². The van der Waals surface area contributed by atoms with Gasteiger partial charge in [-0.15, -0.1) is 0 Å². The van der Waals surface area contributed by atoms with Crippen LogP contribution in [-0.4, -0.2) is 44.5 Å². The fraction of sp³-hybridized carbons (Fsp3) is 0.455. The molecule has 0 fully saturated rings. The number of non-ortho nitro benzene ring substituents is 1. The Balaban J connectivity index is 3.35. The van der Waals surface area contributed by atoms with Crippen molar-refractivity contribution < 1.29 is 18.1 Å². The maximum atomic E-state index is 12.6. The van der Waals surface area contributed by atoms with Crippen molar-refractivity contribution in [2.45, 2.75) is 17.9 Å². The molecule has 1 atom stereocenters. The number of methoxy groups -OCH3 is 1. The molecule has 1 aromatic rings. The molecule has 118 valence electrons. The minimum absolute atomic E-state index is 0.0806. The maximum Gasteiger partial charge on any atom is 0.270 e. The molecule has 9 nitrogen and oxygen atoms in total. The first-order chi connectivity index (χ1) is 9.75. The van der Waals surface area contributed by atoms with E-state index in [0.717, 1.165) is 10.4 Å². The molecule has 0 aromatic heterocycles. The van der Waals surface area contributed by atoms with E-state index in [4.69, 9.17) is 10.6 Å². The second kappa shape index (κ2) is 6.80. The van der Waals surface area contributed by atoms with Crippen molar-refractivity contribution in [1.82, 2.24) is 4.31 Å². The number of hydrazine groups is 1. The van der Waals surface area contributed by atoms with Gasteiger partial charge in [0.05, 0.1) is 17.2 Å². The van der Waals surface area contributed by atoms with Crippen LogP contribution in [0.1, 0.15) is 6.92 Å². The standard InChI is InChI=1S/C11H18N4O5S/c1-8(7-20-3)14(2)21(18,19)11-6-9(15(16)17)4-5-10(11)13-12/h4-6,8,13H,7,12H2,1-3H3. The monoisotopic (exact) mass is 318 g/mol. The Kier molecular flexibility index (Phi) is 5.61. The van der Waals surface area contributed by atoms with Gasteiger partial charge < -0.3 is 10.2 Å². The highest BCUT2D eigenvalue weighted by atomic mass is 32.2. The number of nitrogens with two attached hydrogens (primary N) is 1. The average molecular weight is 318 g/mol. The van der Waals surface area contributed by atoms with Crippen molar-refractivity contribution in [3.8, 4) is 0 Å². The normalized spacial score (nSPS) is 13.2. The highest BCUT2D eigenvalue weighted by Crippen LogP contribution is 2.28. The first-order valence-electron chi connectivity index (χ1n) is 5.97. The number of nitro groups is 1. The molecule has 21 heavy (non-hydrogen) atoms. The van der Waals surface area contributed by atoms with Crippen molar-refractivity contribution >= 4 is 21.4 Å². The van der Waals surface area contributed by atoms with Crippen LogP contribution in [0.15, 0.2) is 23.1 Å². The fourth-order valence-corrected chi connectivity index (χ4v) is 3.21. The van der Waals surface area contributed by atoms with Gasteiger partial charge in [0.15, 0.2) is 0 Å². The molecule has 0 saturated heterocycles. The maximum absolute atomic E-state index is 12.6. The van der Waals surface area contributed by atoms with Gasteiger partial charge in [-0.3, -0.25) is 16.0 Å².